The quantitative estimate of drug-likeness (QED) is 0.746. The summed E-state index contributed by atoms with van der Waals surface area (Å²) >= 11 is 0. The van der Waals surface area contributed by atoms with Crippen molar-refractivity contribution in [2.45, 2.75) is 25.9 Å². The molecule has 2 aromatic carbocycles. The summed E-state index contributed by atoms with van der Waals surface area (Å²) < 4.78 is 0. The number of nitrogens with zero attached hydrogens (tertiary/aromatic N) is 1. The van der Waals surface area contributed by atoms with Crippen LogP contribution in [0.2, 0.25) is 0 Å². The van der Waals surface area contributed by atoms with Crippen LogP contribution in [0.15, 0.2) is 54.6 Å². The van der Waals surface area contributed by atoms with E-state index in [1.54, 1.807) is 0 Å². The maximum absolute atomic E-state index is 3.61. The predicted octanol–water partition coefficient (Wildman–Crippen LogP) is 4.12. The molecule has 0 amide bonds. The lowest BCUT2D eigenvalue weighted by atomic mass is 10.1. The molecule has 2 heterocycles. The minimum Gasteiger partial charge on any atom is -0.358 e. The van der Waals surface area contributed by atoms with Crippen LogP contribution in [0.1, 0.15) is 23.2 Å². The van der Waals surface area contributed by atoms with Gasteiger partial charge < -0.3 is 4.98 Å². The van der Waals surface area contributed by atoms with Crippen molar-refractivity contribution in [1.82, 2.24) is 9.88 Å². The second-order valence-corrected chi connectivity index (χ2v) is 5.93. The third kappa shape index (κ3) is 2.47. The highest BCUT2D eigenvalue weighted by molar-refractivity contribution is 5.84. The third-order valence-electron chi connectivity index (χ3n) is 4.43. The second kappa shape index (κ2) is 5.38. The molecule has 0 spiro atoms. The first-order valence-corrected chi connectivity index (χ1v) is 7.75. The molecule has 2 heteroatoms. The standard InChI is InChI=1S/C19H20N2/c1-2-7-15(8-3-1)13-21-12-6-11-19-17(14-21)16-9-4-5-10-18(16)20-19/h1-5,7-10,20H,6,11-14H2. The zero-order chi connectivity index (χ0) is 14.1. The number of fused-ring (bicyclic) bond motifs is 3. The minimum atomic E-state index is 1.04. The van der Waals surface area contributed by atoms with Gasteiger partial charge in [0.1, 0.15) is 0 Å². The van der Waals surface area contributed by atoms with Crippen LogP contribution < -0.4 is 0 Å². The fraction of sp³-hybridized carbons (Fsp3) is 0.263. The Morgan fingerprint density at radius 1 is 0.952 bits per heavy atom. The average molecular weight is 276 g/mol. The van der Waals surface area contributed by atoms with Crippen LogP contribution in [-0.2, 0) is 19.5 Å². The Morgan fingerprint density at radius 3 is 2.67 bits per heavy atom. The van der Waals surface area contributed by atoms with Gasteiger partial charge in [0.2, 0.25) is 0 Å². The van der Waals surface area contributed by atoms with Crippen molar-refractivity contribution in [1.29, 1.82) is 0 Å². The second-order valence-electron chi connectivity index (χ2n) is 5.93. The van der Waals surface area contributed by atoms with Crippen LogP contribution in [0.25, 0.3) is 10.9 Å². The number of aryl methyl sites for hydroxylation is 1. The molecule has 1 aliphatic heterocycles. The summed E-state index contributed by atoms with van der Waals surface area (Å²) in [6.45, 7) is 3.26. The molecule has 0 bridgehead atoms. The summed E-state index contributed by atoms with van der Waals surface area (Å²) in [6.07, 6.45) is 2.39. The fourth-order valence-corrected chi connectivity index (χ4v) is 3.41. The molecule has 3 aromatic rings. The van der Waals surface area contributed by atoms with Gasteiger partial charge in [0.05, 0.1) is 0 Å². The number of aromatic nitrogens is 1. The van der Waals surface area contributed by atoms with E-state index in [0.717, 1.165) is 19.5 Å². The van der Waals surface area contributed by atoms with E-state index in [1.807, 2.05) is 0 Å². The van der Waals surface area contributed by atoms with Crippen molar-refractivity contribution in [3.8, 4) is 0 Å². The first-order chi connectivity index (χ1) is 10.4. The van der Waals surface area contributed by atoms with Gasteiger partial charge in [0, 0.05) is 29.7 Å². The van der Waals surface area contributed by atoms with Crippen LogP contribution in [0.3, 0.4) is 0 Å². The van der Waals surface area contributed by atoms with Gasteiger partial charge >= 0.3 is 0 Å². The Bertz CT molecular complexity index is 743. The molecular weight excluding hydrogens is 256 g/mol. The fourth-order valence-electron chi connectivity index (χ4n) is 3.41. The van der Waals surface area contributed by atoms with E-state index in [4.69, 9.17) is 0 Å². The zero-order valence-corrected chi connectivity index (χ0v) is 12.2. The lowest BCUT2D eigenvalue weighted by molar-refractivity contribution is 0.262. The molecule has 106 valence electrons. The van der Waals surface area contributed by atoms with E-state index >= 15 is 0 Å². The van der Waals surface area contributed by atoms with E-state index in [9.17, 15) is 0 Å². The number of nitrogens with one attached hydrogen (secondary N) is 1. The number of aromatic amines is 1. The molecule has 0 radical (unpaired) electrons. The van der Waals surface area contributed by atoms with Crippen LogP contribution >= 0.6 is 0 Å². The monoisotopic (exact) mass is 276 g/mol. The van der Waals surface area contributed by atoms with Crippen molar-refractivity contribution in [2.75, 3.05) is 6.54 Å². The highest BCUT2D eigenvalue weighted by Crippen LogP contribution is 2.27. The van der Waals surface area contributed by atoms with Gasteiger partial charge in [-0.2, -0.15) is 0 Å². The average Bonchev–Trinajstić information content (AvgIpc) is 2.74. The van der Waals surface area contributed by atoms with Crippen molar-refractivity contribution >= 4 is 10.9 Å². The van der Waals surface area contributed by atoms with Crippen molar-refractivity contribution in [3.05, 3.63) is 71.4 Å². The van der Waals surface area contributed by atoms with E-state index in [2.05, 4.69) is 64.5 Å². The number of H-pyrrole nitrogens is 1. The molecule has 0 fully saturated rings. The number of hydrogen-bond acceptors (Lipinski definition) is 1. The summed E-state index contributed by atoms with van der Waals surface area (Å²) in [6, 6.07) is 19.5. The first-order valence-electron chi connectivity index (χ1n) is 7.75. The maximum atomic E-state index is 3.61. The molecule has 0 atom stereocenters. The number of para-hydroxylation sites is 1. The Kier molecular flexibility index (Phi) is 3.24. The maximum Gasteiger partial charge on any atom is 0.0459 e. The van der Waals surface area contributed by atoms with E-state index in [-0.39, 0.29) is 0 Å². The van der Waals surface area contributed by atoms with Gasteiger partial charge in [-0.3, -0.25) is 4.90 Å². The van der Waals surface area contributed by atoms with Gasteiger partial charge in [-0.1, -0.05) is 48.5 Å². The van der Waals surface area contributed by atoms with Gasteiger partial charge in [-0.25, -0.2) is 0 Å². The molecule has 1 aliphatic rings. The Balaban J connectivity index is 1.65. The number of rotatable bonds is 2. The van der Waals surface area contributed by atoms with Gasteiger partial charge in [0.25, 0.3) is 0 Å². The van der Waals surface area contributed by atoms with Gasteiger partial charge in [-0.05, 0) is 36.6 Å². The number of benzene rings is 2. The van der Waals surface area contributed by atoms with Crippen molar-refractivity contribution < 1.29 is 0 Å². The summed E-state index contributed by atoms with van der Waals surface area (Å²) in [5.41, 5.74) is 5.62. The molecule has 0 saturated heterocycles. The minimum absolute atomic E-state index is 1.04. The summed E-state index contributed by atoms with van der Waals surface area (Å²) in [4.78, 5) is 6.18. The predicted molar refractivity (Wildman–Crippen MR) is 87.2 cm³/mol. The van der Waals surface area contributed by atoms with Crippen LogP contribution in [0.5, 0.6) is 0 Å². The highest BCUT2D eigenvalue weighted by Gasteiger charge is 2.18. The number of hydrogen-bond donors (Lipinski definition) is 1. The first kappa shape index (κ1) is 12.7. The summed E-state index contributed by atoms with van der Waals surface area (Å²) in [5, 5.41) is 1.40. The van der Waals surface area contributed by atoms with E-state index in [1.165, 1.54) is 40.7 Å². The normalized spacial score (nSPS) is 15.8. The molecule has 1 aromatic heterocycles. The van der Waals surface area contributed by atoms with Crippen LogP contribution in [-0.4, -0.2) is 16.4 Å². The van der Waals surface area contributed by atoms with Crippen LogP contribution in [0, 0.1) is 0 Å². The van der Waals surface area contributed by atoms with Crippen molar-refractivity contribution in [2.24, 2.45) is 0 Å². The lowest BCUT2D eigenvalue weighted by Crippen LogP contribution is -2.22. The molecule has 2 nitrogen and oxygen atoms in total. The van der Waals surface area contributed by atoms with Crippen LogP contribution in [0.4, 0.5) is 0 Å². The van der Waals surface area contributed by atoms with Crippen molar-refractivity contribution in [3.63, 3.8) is 0 Å². The molecular formula is C19H20N2. The highest BCUT2D eigenvalue weighted by atomic mass is 15.1. The largest absolute Gasteiger partial charge is 0.358 e. The molecule has 0 unspecified atom stereocenters. The molecule has 0 saturated carbocycles. The Labute approximate surface area is 125 Å². The van der Waals surface area contributed by atoms with Gasteiger partial charge in [0.15, 0.2) is 0 Å². The Hall–Kier alpha value is -2.06. The SMILES string of the molecule is c1ccc(CN2CCCc3[nH]c4ccccc4c3C2)cc1. The zero-order valence-electron chi connectivity index (χ0n) is 12.2. The summed E-state index contributed by atoms with van der Waals surface area (Å²) in [5.74, 6) is 0. The topological polar surface area (TPSA) is 19.0 Å². The molecule has 1 N–H and O–H groups in total. The van der Waals surface area contributed by atoms with E-state index in [0.29, 0.717) is 0 Å². The molecule has 0 aliphatic carbocycles. The Morgan fingerprint density at radius 2 is 1.76 bits per heavy atom. The molecule has 21 heavy (non-hydrogen) atoms. The smallest absolute Gasteiger partial charge is 0.0459 e. The molecule has 4 rings (SSSR count). The summed E-state index contributed by atoms with van der Waals surface area (Å²) in [7, 11) is 0. The van der Waals surface area contributed by atoms with E-state index < -0.39 is 0 Å². The third-order valence-corrected chi connectivity index (χ3v) is 4.43. The lowest BCUT2D eigenvalue weighted by Gasteiger charge is -2.20. The van der Waals surface area contributed by atoms with Gasteiger partial charge in [-0.15, -0.1) is 0 Å².